The minimum atomic E-state index is -0.405. The molecule has 3 unspecified atom stereocenters. The molecule has 3 atom stereocenters. The topological polar surface area (TPSA) is 69.6 Å². The summed E-state index contributed by atoms with van der Waals surface area (Å²) >= 11 is 1.70. The number of nitrogens with zero attached hydrogens (tertiary/aromatic N) is 1. The molecule has 0 aromatic carbocycles. The molecule has 114 valence electrons. The van der Waals surface area contributed by atoms with E-state index in [-0.39, 0.29) is 29.3 Å². The van der Waals surface area contributed by atoms with Gasteiger partial charge in [0.1, 0.15) is 6.04 Å². The van der Waals surface area contributed by atoms with Gasteiger partial charge in [-0.2, -0.15) is 0 Å². The first-order chi connectivity index (χ1) is 9.35. The van der Waals surface area contributed by atoms with Crippen molar-refractivity contribution in [2.24, 2.45) is 0 Å². The number of carbonyl (C=O) groups excluding carboxylic acids is 2. The lowest BCUT2D eigenvalue weighted by Crippen LogP contribution is -2.55. The number of fused-ring (bicyclic) bond motifs is 1. The summed E-state index contributed by atoms with van der Waals surface area (Å²) in [5.74, 6) is 0.653. The van der Waals surface area contributed by atoms with Crippen LogP contribution in [0.4, 0.5) is 0 Å². The third kappa shape index (κ3) is 2.68. The SMILES string of the molecule is CCC(C)(CCO)NC(=O)C1CSC2(C)CCC(=O)N12. The molecule has 0 radical (unpaired) electrons. The van der Waals surface area contributed by atoms with Gasteiger partial charge < -0.3 is 15.3 Å². The van der Waals surface area contributed by atoms with Crippen molar-refractivity contribution in [2.45, 2.75) is 62.9 Å². The number of amides is 2. The molecule has 2 aliphatic heterocycles. The largest absolute Gasteiger partial charge is 0.396 e. The lowest BCUT2D eigenvalue weighted by atomic mass is 9.94. The van der Waals surface area contributed by atoms with Gasteiger partial charge in [-0.15, -0.1) is 11.8 Å². The van der Waals surface area contributed by atoms with E-state index in [9.17, 15) is 9.59 Å². The van der Waals surface area contributed by atoms with Gasteiger partial charge in [-0.3, -0.25) is 9.59 Å². The maximum absolute atomic E-state index is 12.5. The minimum Gasteiger partial charge on any atom is -0.396 e. The summed E-state index contributed by atoms with van der Waals surface area (Å²) in [5.41, 5.74) is -0.405. The molecule has 2 saturated heterocycles. The number of rotatable bonds is 5. The van der Waals surface area contributed by atoms with E-state index < -0.39 is 5.54 Å². The highest BCUT2D eigenvalue weighted by Gasteiger charge is 2.53. The molecule has 0 spiro atoms. The predicted octanol–water partition coefficient (Wildman–Crippen LogP) is 1.11. The maximum atomic E-state index is 12.5. The Morgan fingerprint density at radius 2 is 2.35 bits per heavy atom. The highest BCUT2D eigenvalue weighted by Crippen LogP contribution is 2.47. The average Bonchev–Trinajstić information content (AvgIpc) is 2.87. The van der Waals surface area contributed by atoms with Crippen LogP contribution in [0.3, 0.4) is 0 Å². The maximum Gasteiger partial charge on any atom is 0.244 e. The lowest BCUT2D eigenvalue weighted by Gasteiger charge is -2.34. The van der Waals surface area contributed by atoms with Crippen LogP contribution >= 0.6 is 11.8 Å². The van der Waals surface area contributed by atoms with Crippen molar-refractivity contribution in [1.29, 1.82) is 0 Å². The predicted molar refractivity (Wildman–Crippen MR) is 79.3 cm³/mol. The molecule has 0 bridgehead atoms. The van der Waals surface area contributed by atoms with Crippen LogP contribution in [-0.4, -0.2) is 50.6 Å². The molecule has 0 saturated carbocycles. The van der Waals surface area contributed by atoms with Gasteiger partial charge in [0.05, 0.1) is 4.87 Å². The minimum absolute atomic E-state index is 0.0460. The van der Waals surface area contributed by atoms with Gasteiger partial charge in [0.2, 0.25) is 11.8 Å². The Labute approximate surface area is 124 Å². The Hall–Kier alpha value is -0.750. The Balaban J connectivity index is 2.08. The zero-order valence-corrected chi connectivity index (χ0v) is 13.3. The Bertz CT molecular complexity index is 417. The number of aliphatic hydroxyl groups is 1. The fourth-order valence-electron chi connectivity index (χ4n) is 2.97. The summed E-state index contributed by atoms with van der Waals surface area (Å²) in [7, 11) is 0. The van der Waals surface area contributed by atoms with Crippen LogP contribution < -0.4 is 5.32 Å². The van der Waals surface area contributed by atoms with Gasteiger partial charge in [-0.05, 0) is 33.1 Å². The number of hydrogen-bond donors (Lipinski definition) is 2. The summed E-state index contributed by atoms with van der Waals surface area (Å²) in [6.45, 7) is 6.02. The normalized spacial score (nSPS) is 32.1. The first kappa shape index (κ1) is 15.6. The second-order valence-corrected chi connectivity index (χ2v) is 7.64. The van der Waals surface area contributed by atoms with Crippen molar-refractivity contribution < 1.29 is 14.7 Å². The van der Waals surface area contributed by atoms with Crippen molar-refractivity contribution in [2.75, 3.05) is 12.4 Å². The molecule has 20 heavy (non-hydrogen) atoms. The molecule has 2 amide bonds. The summed E-state index contributed by atoms with van der Waals surface area (Å²) in [6.07, 6.45) is 2.64. The number of carbonyl (C=O) groups is 2. The van der Waals surface area contributed by atoms with Crippen molar-refractivity contribution in [1.82, 2.24) is 10.2 Å². The molecule has 2 fully saturated rings. The van der Waals surface area contributed by atoms with Gasteiger partial charge in [0.25, 0.3) is 0 Å². The summed E-state index contributed by atoms with van der Waals surface area (Å²) in [5, 5.41) is 12.2. The van der Waals surface area contributed by atoms with E-state index in [1.165, 1.54) is 0 Å². The molecule has 2 N–H and O–H groups in total. The average molecular weight is 300 g/mol. The van der Waals surface area contributed by atoms with E-state index >= 15 is 0 Å². The van der Waals surface area contributed by atoms with E-state index in [1.807, 2.05) is 20.8 Å². The fraction of sp³-hybridized carbons (Fsp3) is 0.857. The molecule has 0 aromatic rings. The fourth-order valence-corrected chi connectivity index (χ4v) is 4.40. The number of hydrogen-bond acceptors (Lipinski definition) is 4. The smallest absolute Gasteiger partial charge is 0.244 e. The van der Waals surface area contributed by atoms with Crippen LogP contribution in [0.5, 0.6) is 0 Å². The molecular weight excluding hydrogens is 276 g/mol. The molecule has 0 aliphatic carbocycles. The second-order valence-electron chi connectivity index (χ2n) is 6.14. The Morgan fingerprint density at radius 1 is 1.65 bits per heavy atom. The van der Waals surface area contributed by atoms with Gasteiger partial charge >= 0.3 is 0 Å². The molecular formula is C14H24N2O3S. The quantitative estimate of drug-likeness (QED) is 0.798. The highest BCUT2D eigenvalue weighted by atomic mass is 32.2. The highest BCUT2D eigenvalue weighted by molar-refractivity contribution is 8.01. The van der Waals surface area contributed by atoms with Crippen molar-refractivity contribution in [3.05, 3.63) is 0 Å². The van der Waals surface area contributed by atoms with E-state index in [0.29, 0.717) is 18.6 Å². The molecule has 0 aromatic heterocycles. The third-order valence-electron chi connectivity index (χ3n) is 4.62. The van der Waals surface area contributed by atoms with Gasteiger partial charge in [-0.1, -0.05) is 6.92 Å². The van der Waals surface area contributed by atoms with Crippen LogP contribution in [0.1, 0.15) is 46.5 Å². The first-order valence-electron chi connectivity index (χ1n) is 7.24. The summed E-state index contributed by atoms with van der Waals surface area (Å²) in [6, 6.07) is -0.371. The lowest BCUT2D eigenvalue weighted by molar-refractivity contribution is -0.138. The van der Waals surface area contributed by atoms with Gasteiger partial charge in [0.15, 0.2) is 0 Å². The number of thioether (sulfide) groups is 1. The second kappa shape index (κ2) is 5.56. The van der Waals surface area contributed by atoms with Crippen molar-refractivity contribution in [3.63, 3.8) is 0 Å². The van der Waals surface area contributed by atoms with Crippen LogP contribution in [0.25, 0.3) is 0 Å². The van der Waals surface area contributed by atoms with Crippen LogP contribution in [0.2, 0.25) is 0 Å². The molecule has 5 nitrogen and oxygen atoms in total. The van der Waals surface area contributed by atoms with E-state index in [0.717, 1.165) is 12.8 Å². The summed E-state index contributed by atoms with van der Waals surface area (Å²) in [4.78, 5) is 26.1. The van der Waals surface area contributed by atoms with E-state index in [1.54, 1.807) is 16.7 Å². The Morgan fingerprint density at radius 3 is 2.95 bits per heavy atom. The molecule has 2 rings (SSSR count). The first-order valence-corrected chi connectivity index (χ1v) is 8.23. The zero-order valence-electron chi connectivity index (χ0n) is 12.4. The molecule has 6 heteroatoms. The third-order valence-corrected chi connectivity index (χ3v) is 6.12. The van der Waals surface area contributed by atoms with Crippen molar-refractivity contribution >= 4 is 23.6 Å². The Kier molecular flexibility index (Phi) is 4.35. The standard InChI is InChI=1S/C14H24N2O3S/c1-4-13(2,7-8-17)15-12(19)10-9-20-14(3)6-5-11(18)16(10)14/h10,17H,4-9H2,1-3H3,(H,15,19). The molecule has 2 aliphatic rings. The summed E-state index contributed by atoms with van der Waals surface area (Å²) < 4.78 is 0. The number of aliphatic hydroxyl groups excluding tert-OH is 1. The van der Waals surface area contributed by atoms with Gasteiger partial charge in [0, 0.05) is 24.3 Å². The van der Waals surface area contributed by atoms with Crippen LogP contribution in [-0.2, 0) is 9.59 Å². The molecule has 2 heterocycles. The van der Waals surface area contributed by atoms with Crippen LogP contribution in [0, 0.1) is 0 Å². The zero-order chi connectivity index (χ0) is 15.0. The van der Waals surface area contributed by atoms with Crippen molar-refractivity contribution in [3.8, 4) is 0 Å². The monoisotopic (exact) mass is 300 g/mol. The van der Waals surface area contributed by atoms with Crippen LogP contribution in [0.15, 0.2) is 0 Å². The number of nitrogens with one attached hydrogen (secondary N) is 1. The van der Waals surface area contributed by atoms with E-state index in [4.69, 9.17) is 5.11 Å². The van der Waals surface area contributed by atoms with E-state index in [2.05, 4.69) is 5.32 Å². The van der Waals surface area contributed by atoms with Gasteiger partial charge in [-0.25, -0.2) is 0 Å².